The Morgan fingerprint density at radius 1 is 0.593 bits per heavy atom. The van der Waals surface area contributed by atoms with E-state index < -0.39 is 0 Å². The van der Waals surface area contributed by atoms with Crippen molar-refractivity contribution in [1.82, 2.24) is 4.98 Å². The van der Waals surface area contributed by atoms with Crippen LogP contribution >= 0.6 is 0 Å². The first-order chi connectivity index (χ1) is 13.3. The molecule has 2 heteroatoms. The highest BCUT2D eigenvalue weighted by molar-refractivity contribution is 5.87. The third-order valence-corrected chi connectivity index (χ3v) is 4.46. The van der Waals surface area contributed by atoms with Gasteiger partial charge in [-0.3, -0.25) is 4.79 Å². The SMILES string of the molecule is O=c1c(/C=C/c2ccccc2)c(/C=C/c2ccccc2)[nH]c2ccccc12. The Labute approximate surface area is 158 Å². The van der Waals surface area contributed by atoms with Crippen molar-refractivity contribution in [3.05, 3.63) is 118 Å². The molecule has 0 atom stereocenters. The normalized spacial score (nSPS) is 11.6. The highest BCUT2D eigenvalue weighted by Gasteiger charge is 2.07. The Morgan fingerprint density at radius 2 is 1.15 bits per heavy atom. The quantitative estimate of drug-likeness (QED) is 0.491. The van der Waals surface area contributed by atoms with Gasteiger partial charge in [-0.15, -0.1) is 0 Å². The van der Waals surface area contributed by atoms with Crippen molar-refractivity contribution < 1.29 is 0 Å². The van der Waals surface area contributed by atoms with E-state index in [-0.39, 0.29) is 5.43 Å². The van der Waals surface area contributed by atoms with Crippen LogP contribution in [0.3, 0.4) is 0 Å². The number of H-pyrrole nitrogens is 1. The predicted octanol–water partition coefficient (Wildman–Crippen LogP) is 5.87. The minimum Gasteiger partial charge on any atom is -0.354 e. The molecule has 1 N–H and O–H groups in total. The van der Waals surface area contributed by atoms with Crippen LogP contribution in [-0.4, -0.2) is 4.98 Å². The van der Waals surface area contributed by atoms with Crippen LogP contribution in [0.1, 0.15) is 22.4 Å². The molecule has 0 spiro atoms. The number of hydrogen-bond donors (Lipinski definition) is 1. The number of hydrogen-bond acceptors (Lipinski definition) is 1. The van der Waals surface area contributed by atoms with Crippen molar-refractivity contribution in [2.75, 3.05) is 0 Å². The van der Waals surface area contributed by atoms with Gasteiger partial charge in [0.1, 0.15) is 0 Å². The smallest absolute Gasteiger partial charge is 0.197 e. The maximum absolute atomic E-state index is 13.1. The lowest BCUT2D eigenvalue weighted by atomic mass is 10.1. The molecule has 130 valence electrons. The largest absolute Gasteiger partial charge is 0.354 e. The number of pyridine rings is 1. The summed E-state index contributed by atoms with van der Waals surface area (Å²) in [6.07, 6.45) is 7.85. The fourth-order valence-corrected chi connectivity index (χ4v) is 3.05. The summed E-state index contributed by atoms with van der Waals surface area (Å²) in [6.45, 7) is 0. The lowest BCUT2D eigenvalue weighted by Crippen LogP contribution is -2.09. The van der Waals surface area contributed by atoms with Crippen LogP contribution in [0.25, 0.3) is 35.2 Å². The van der Waals surface area contributed by atoms with Gasteiger partial charge in [-0.2, -0.15) is 0 Å². The van der Waals surface area contributed by atoms with Gasteiger partial charge < -0.3 is 4.98 Å². The molecule has 2 nitrogen and oxygen atoms in total. The Bertz CT molecular complexity index is 1170. The molecule has 0 radical (unpaired) electrons. The van der Waals surface area contributed by atoms with Crippen LogP contribution in [0.2, 0.25) is 0 Å². The zero-order valence-electron chi connectivity index (χ0n) is 14.8. The molecule has 4 aromatic rings. The van der Waals surface area contributed by atoms with Crippen molar-refractivity contribution >= 4 is 35.2 Å². The Kier molecular flexibility index (Phi) is 4.80. The van der Waals surface area contributed by atoms with Gasteiger partial charge in [0.15, 0.2) is 5.43 Å². The molecule has 4 rings (SSSR count). The fraction of sp³-hybridized carbons (Fsp3) is 0. The first kappa shape index (κ1) is 16.8. The Balaban J connectivity index is 1.84. The van der Waals surface area contributed by atoms with E-state index in [0.29, 0.717) is 10.9 Å². The van der Waals surface area contributed by atoms with Gasteiger partial charge >= 0.3 is 0 Å². The first-order valence-corrected chi connectivity index (χ1v) is 8.92. The molecule has 0 fully saturated rings. The number of aromatic amines is 1. The third kappa shape index (κ3) is 3.80. The van der Waals surface area contributed by atoms with Crippen molar-refractivity contribution in [3.8, 4) is 0 Å². The second-order valence-corrected chi connectivity index (χ2v) is 6.32. The molecule has 1 aromatic heterocycles. The van der Waals surface area contributed by atoms with Crippen molar-refractivity contribution in [1.29, 1.82) is 0 Å². The van der Waals surface area contributed by atoms with E-state index in [1.165, 1.54) is 0 Å². The molecule has 27 heavy (non-hydrogen) atoms. The van der Waals surface area contributed by atoms with Crippen LogP contribution in [0.5, 0.6) is 0 Å². The molecule has 3 aromatic carbocycles. The molecule has 0 aliphatic rings. The third-order valence-electron chi connectivity index (χ3n) is 4.46. The highest BCUT2D eigenvalue weighted by Crippen LogP contribution is 2.17. The van der Waals surface area contributed by atoms with Gasteiger partial charge in [0.25, 0.3) is 0 Å². The minimum absolute atomic E-state index is 0.0317. The van der Waals surface area contributed by atoms with E-state index in [9.17, 15) is 4.79 Å². The van der Waals surface area contributed by atoms with Crippen LogP contribution in [0.15, 0.2) is 89.7 Å². The van der Waals surface area contributed by atoms with Crippen LogP contribution < -0.4 is 5.43 Å². The number of fused-ring (bicyclic) bond motifs is 1. The molecule has 0 unspecified atom stereocenters. The van der Waals surface area contributed by atoms with E-state index in [1.807, 2.05) is 109 Å². The Morgan fingerprint density at radius 3 is 1.81 bits per heavy atom. The number of benzene rings is 3. The molecule has 1 heterocycles. The molecule has 0 saturated carbocycles. The van der Waals surface area contributed by atoms with Gasteiger partial charge in [-0.05, 0) is 35.4 Å². The van der Waals surface area contributed by atoms with Gasteiger partial charge in [-0.25, -0.2) is 0 Å². The molecular weight excluding hydrogens is 330 g/mol. The van der Waals surface area contributed by atoms with E-state index in [1.54, 1.807) is 0 Å². The fourth-order valence-electron chi connectivity index (χ4n) is 3.05. The monoisotopic (exact) mass is 349 g/mol. The average Bonchev–Trinajstić information content (AvgIpc) is 2.73. The Hall–Kier alpha value is -3.65. The zero-order chi connectivity index (χ0) is 18.5. The van der Waals surface area contributed by atoms with E-state index in [4.69, 9.17) is 0 Å². The summed E-state index contributed by atoms with van der Waals surface area (Å²) in [4.78, 5) is 16.5. The minimum atomic E-state index is 0.0317. The lowest BCUT2D eigenvalue weighted by Gasteiger charge is -2.06. The standard InChI is InChI=1S/C25H19NO/c27-25-21-13-7-8-14-23(21)26-24(18-16-20-11-5-2-6-12-20)22(25)17-15-19-9-3-1-4-10-19/h1-18H,(H,26,27)/b17-15+,18-16+. The van der Waals surface area contributed by atoms with Crippen LogP contribution in [0, 0.1) is 0 Å². The maximum atomic E-state index is 13.1. The summed E-state index contributed by atoms with van der Waals surface area (Å²) in [5.41, 5.74) is 4.48. The van der Waals surface area contributed by atoms with Crippen molar-refractivity contribution in [2.45, 2.75) is 0 Å². The number of aromatic nitrogens is 1. The molecule has 0 bridgehead atoms. The molecule has 0 aliphatic heterocycles. The number of rotatable bonds is 4. The summed E-state index contributed by atoms with van der Waals surface area (Å²) in [5, 5.41) is 0.696. The van der Waals surface area contributed by atoms with Crippen LogP contribution in [0.4, 0.5) is 0 Å². The lowest BCUT2D eigenvalue weighted by molar-refractivity contribution is 1.33. The summed E-state index contributed by atoms with van der Waals surface area (Å²) in [6, 6.07) is 27.7. The number of nitrogens with one attached hydrogen (secondary N) is 1. The second kappa shape index (κ2) is 7.71. The summed E-state index contributed by atoms with van der Waals surface area (Å²) in [5.74, 6) is 0. The summed E-state index contributed by atoms with van der Waals surface area (Å²) >= 11 is 0. The van der Waals surface area contributed by atoms with E-state index in [2.05, 4.69) is 4.98 Å². The molecular formula is C25H19NO. The van der Waals surface area contributed by atoms with Crippen molar-refractivity contribution in [2.24, 2.45) is 0 Å². The van der Waals surface area contributed by atoms with Gasteiger partial charge in [-0.1, -0.05) is 84.9 Å². The molecule has 0 saturated heterocycles. The summed E-state index contributed by atoms with van der Waals surface area (Å²) in [7, 11) is 0. The predicted molar refractivity (Wildman–Crippen MR) is 115 cm³/mol. The topological polar surface area (TPSA) is 32.9 Å². The molecule has 0 aliphatic carbocycles. The van der Waals surface area contributed by atoms with Gasteiger partial charge in [0.2, 0.25) is 0 Å². The van der Waals surface area contributed by atoms with Crippen molar-refractivity contribution in [3.63, 3.8) is 0 Å². The second-order valence-electron chi connectivity index (χ2n) is 6.32. The van der Waals surface area contributed by atoms with Gasteiger partial charge in [0.05, 0.1) is 0 Å². The summed E-state index contributed by atoms with van der Waals surface area (Å²) < 4.78 is 0. The molecule has 0 amide bonds. The van der Waals surface area contributed by atoms with E-state index >= 15 is 0 Å². The highest BCUT2D eigenvalue weighted by atomic mass is 16.1. The van der Waals surface area contributed by atoms with Gasteiger partial charge in [0, 0.05) is 22.2 Å². The number of para-hydroxylation sites is 1. The average molecular weight is 349 g/mol. The van der Waals surface area contributed by atoms with E-state index in [0.717, 1.165) is 22.3 Å². The zero-order valence-corrected chi connectivity index (χ0v) is 14.8. The maximum Gasteiger partial charge on any atom is 0.197 e. The van der Waals surface area contributed by atoms with Crippen LogP contribution in [-0.2, 0) is 0 Å². The first-order valence-electron chi connectivity index (χ1n) is 8.92.